The van der Waals surface area contributed by atoms with E-state index < -0.39 is 5.60 Å². The Hall–Kier alpha value is -0.870. The maximum absolute atomic E-state index is 12.2. The molecule has 1 aromatic heterocycles. The molecule has 2 rings (SSSR count). The Labute approximate surface area is 99.7 Å². The smallest absolute Gasteiger partial charge is 0.255 e. The number of rotatable bonds is 1. The first-order valence-electron chi connectivity index (χ1n) is 5.48. The second-order valence-corrected chi connectivity index (χ2v) is 6.26. The topological polar surface area (TPSA) is 40.5 Å². The van der Waals surface area contributed by atoms with Gasteiger partial charge in [0, 0.05) is 22.8 Å². The molecule has 1 fully saturated rings. The Kier molecular flexibility index (Phi) is 2.80. The van der Waals surface area contributed by atoms with Crippen molar-refractivity contribution in [2.75, 3.05) is 13.1 Å². The third kappa shape index (κ3) is 2.13. The van der Waals surface area contributed by atoms with E-state index in [1.54, 1.807) is 23.2 Å². The highest BCUT2D eigenvalue weighted by Gasteiger charge is 2.34. The van der Waals surface area contributed by atoms with Gasteiger partial charge in [0.15, 0.2) is 0 Å². The van der Waals surface area contributed by atoms with E-state index in [1.165, 1.54) is 0 Å². The summed E-state index contributed by atoms with van der Waals surface area (Å²) in [5.74, 6) is 0.0552. The molecule has 1 aliphatic heterocycles. The third-order valence-corrected chi connectivity index (χ3v) is 3.98. The van der Waals surface area contributed by atoms with Crippen molar-refractivity contribution in [2.24, 2.45) is 0 Å². The maximum Gasteiger partial charge on any atom is 0.255 e. The highest BCUT2D eigenvalue weighted by Crippen LogP contribution is 2.26. The predicted molar refractivity (Wildman–Crippen MR) is 64.9 cm³/mol. The van der Waals surface area contributed by atoms with Crippen molar-refractivity contribution in [1.29, 1.82) is 0 Å². The minimum absolute atomic E-state index is 0.0552. The van der Waals surface area contributed by atoms with E-state index in [9.17, 15) is 9.90 Å². The van der Waals surface area contributed by atoms with Crippen LogP contribution < -0.4 is 0 Å². The van der Waals surface area contributed by atoms with Gasteiger partial charge in [-0.25, -0.2) is 0 Å². The van der Waals surface area contributed by atoms with Crippen molar-refractivity contribution in [3.63, 3.8) is 0 Å². The molecule has 1 aromatic rings. The molecule has 1 aliphatic rings. The van der Waals surface area contributed by atoms with Crippen LogP contribution in [0.2, 0.25) is 0 Å². The molecule has 1 atom stereocenters. The summed E-state index contributed by atoms with van der Waals surface area (Å²) >= 11 is 1.65. The van der Waals surface area contributed by atoms with Crippen molar-refractivity contribution < 1.29 is 9.90 Å². The first-order valence-corrected chi connectivity index (χ1v) is 6.29. The van der Waals surface area contributed by atoms with Gasteiger partial charge in [0.05, 0.1) is 11.2 Å². The lowest BCUT2D eigenvalue weighted by Crippen LogP contribution is -2.33. The Morgan fingerprint density at radius 1 is 1.56 bits per heavy atom. The number of nitrogens with zero attached hydrogens (tertiary/aromatic N) is 1. The number of amides is 1. The molecule has 0 aromatic carbocycles. The third-order valence-electron chi connectivity index (χ3n) is 3.01. The maximum atomic E-state index is 12.2. The van der Waals surface area contributed by atoms with Crippen LogP contribution in [0.15, 0.2) is 6.07 Å². The average Bonchev–Trinajstić information content (AvgIpc) is 2.68. The quantitative estimate of drug-likeness (QED) is 0.814. The molecule has 0 spiro atoms. The molecule has 1 unspecified atom stereocenters. The van der Waals surface area contributed by atoms with Gasteiger partial charge in [0.25, 0.3) is 5.91 Å². The van der Waals surface area contributed by atoms with E-state index in [0.29, 0.717) is 19.5 Å². The molecule has 0 bridgehead atoms. The van der Waals surface area contributed by atoms with Gasteiger partial charge in [-0.3, -0.25) is 4.79 Å². The monoisotopic (exact) mass is 239 g/mol. The zero-order valence-electron chi connectivity index (χ0n) is 9.91. The number of thiophene rings is 1. The molecule has 0 radical (unpaired) electrons. The summed E-state index contributed by atoms with van der Waals surface area (Å²) in [4.78, 5) is 16.2. The van der Waals surface area contributed by atoms with Crippen LogP contribution in [0.4, 0.5) is 0 Å². The zero-order valence-corrected chi connectivity index (χ0v) is 10.7. The normalized spacial score (nSPS) is 25.1. The van der Waals surface area contributed by atoms with Gasteiger partial charge >= 0.3 is 0 Å². The van der Waals surface area contributed by atoms with E-state index in [4.69, 9.17) is 0 Å². The minimum Gasteiger partial charge on any atom is -0.388 e. The molecule has 1 amide bonds. The summed E-state index contributed by atoms with van der Waals surface area (Å²) < 4.78 is 0. The Balaban J connectivity index is 2.18. The Bertz CT molecular complexity index is 423. The largest absolute Gasteiger partial charge is 0.388 e. The van der Waals surface area contributed by atoms with Crippen LogP contribution >= 0.6 is 11.3 Å². The highest BCUT2D eigenvalue weighted by molar-refractivity contribution is 7.12. The number of aryl methyl sites for hydroxylation is 2. The van der Waals surface area contributed by atoms with Crippen molar-refractivity contribution in [1.82, 2.24) is 4.90 Å². The van der Waals surface area contributed by atoms with Crippen molar-refractivity contribution in [2.45, 2.75) is 32.8 Å². The van der Waals surface area contributed by atoms with Crippen LogP contribution in [-0.4, -0.2) is 34.6 Å². The molecule has 0 saturated carbocycles. The van der Waals surface area contributed by atoms with Gasteiger partial charge in [-0.15, -0.1) is 11.3 Å². The van der Waals surface area contributed by atoms with Crippen LogP contribution in [0, 0.1) is 13.8 Å². The molecule has 16 heavy (non-hydrogen) atoms. The Morgan fingerprint density at radius 2 is 2.25 bits per heavy atom. The van der Waals surface area contributed by atoms with Gasteiger partial charge < -0.3 is 10.0 Å². The highest BCUT2D eigenvalue weighted by atomic mass is 32.1. The number of carbonyl (C=O) groups is 1. The van der Waals surface area contributed by atoms with E-state index in [2.05, 4.69) is 0 Å². The Morgan fingerprint density at radius 3 is 2.69 bits per heavy atom. The van der Waals surface area contributed by atoms with Crippen LogP contribution in [0.1, 0.15) is 33.5 Å². The van der Waals surface area contributed by atoms with Crippen molar-refractivity contribution in [3.8, 4) is 0 Å². The molecule has 1 saturated heterocycles. The SMILES string of the molecule is Cc1cc(C(=O)N2CCC(C)(O)C2)c(C)s1. The van der Waals surface area contributed by atoms with E-state index in [1.807, 2.05) is 19.9 Å². The molecular formula is C12H17NO2S. The molecule has 4 heteroatoms. The second kappa shape index (κ2) is 3.86. The summed E-state index contributed by atoms with van der Waals surface area (Å²) in [6.45, 7) is 6.86. The molecule has 3 nitrogen and oxygen atoms in total. The van der Waals surface area contributed by atoms with Gasteiger partial charge in [0.2, 0.25) is 0 Å². The fourth-order valence-corrected chi connectivity index (χ4v) is 3.05. The van der Waals surface area contributed by atoms with E-state index in [0.717, 1.165) is 15.3 Å². The lowest BCUT2D eigenvalue weighted by Gasteiger charge is -2.18. The fraction of sp³-hybridized carbons (Fsp3) is 0.583. The number of β-amino-alcohol motifs (C(OH)–C–C–N with tert-alkyl or cyclic N) is 1. The number of hydrogen-bond donors (Lipinski definition) is 1. The van der Waals surface area contributed by atoms with Crippen LogP contribution in [-0.2, 0) is 0 Å². The first-order chi connectivity index (χ1) is 7.39. The summed E-state index contributed by atoms with van der Waals surface area (Å²) in [6.07, 6.45) is 0.668. The van der Waals surface area contributed by atoms with E-state index in [-0.39, 0.29) is 5.91 Å². The van der Waals surface area contributed by atoms with Gasteiger partial charge in [-0.05, 0) is 33.3 Å². The summed E-state index contributed by atoms with van der Waals surface area (Å²) in [7, 11) is 0. The van der Waals surface area contributed by atoms with E-state index >= 15 is 0 Å². The standard InChI is InChI=1S/C12H17NO2S/c1-8-6-10(9(2)16-8)11(14)13-5-4-12(3,15)7-13/h6,15H,4-5,7H2,1-3H3. The summed E-state index contributed by atoms with van der Waals surface area (Å²) in [5, 5.41) is 9.84. The van der Waals surface area contributed by atoms with Crippen LogP contribution in [0.25, 0.3) is 0 Å². The molecule has 2 heterocycles. The average molecular weight is 239 g/mol. The minimum atomic E-state index is -0.714. The summed E-state index contributed by atoms with van der Waals surface area (Å²) in [5.41, 5.74) is 0.0782. The number of likely N-dealkylation sites (tertiary alicyclic amines) is 1. The summed E-state index contributed by atoms with van der Waals surface area (Å²) in [6, 6.07) is 1.94. The van der Waals surface area contributed by atoms with Crippen molar-refractivity contribution in [3.05, 3.63) is 21.4 Å². The van der Waals surface area contributed by atoms with Gasteiger partial charge in [-0.1, -0.05) is 0 Å². The lowest BCUT2D eigenvalue weighted by molar-refractivity contribution is 0.0572. The number of hydrogen-bond acceptors (Lipinski definition) is 3. The first kappa shape index (κ1) is 11.6. The van der Waals surface area contributed by atoms with Crippen LogP contribution in [0.3, 0.4) is 0 Å². The lowest BCUT2D eigenvalue weighted by atomic mass is 10.1. The molecular weight excluding hydrogens is 222 g/mol. The molecule has 88 valence electrons. The van der Waals surface area contributed by atoms with Gasteiger partial charge in [-0.2, -0.15) is 0 Å². The molecule has 1 N–H and O–H groups in total. The van der Waals surface area contributed by atoms with Crippen LogP contribution in [0.5, 0.6) is 0 Å². The fourth-order valence-electron chi connectivity index (χ4n) is 2.13. The van der Waals surface area contributed by atoms with Crippen molar-refractivity contribution >= 4 is 17.2 Å². The second-order valence-electron chi connectivity index (χ2n) is 4.80. The predicted octanol–water partition coefficient (Wildman–Crippen LogP) is 1.96. The van der Waals surface area contributed by atoms with Gasteiger partial charge in [0.1, 0.15) is 0 Å². The number of carbonyl (C=O) groups excluding carboxylic acids is 1. The molecule has 0 aliphatic carbocycles. The zero-order chi connectivity index (χ0) is 11.9. The number of aliphatic hydroxyl groups is 1.